The highest BCUT2D eigenvalue weighted by Gasteiger charge is 2.01. The van der Waals surface area contributed by atoms with Gasteiger partial charge in [0.25, 0.3) is 0 Å². The van der Waals surface area contributed by atoms with Crippen LogP contribution >= 0.6 is 15.9 Å². The summed E-state index contributed by atoms with van der Waals surface area (Å²) in [6, 6.07) is 14.8. The predicted molar refractivity (Wildman–Crippen MR) is 85.1 cm³/mol. The maximum Gasteiger partial charge on any atom is 0.339 e. The summed E-state index contributed by atoms with van der Waals surface area (Å²) in [6.07, 6.45) is 1.59. The first-order valence-corrected chi connectivity index (χ1v) is 6.86. The summed E-state index contributed by atoms with van der Waals surface area (Å²) < 4.78 is 1.000. The summed E-state index contributed by atoms with van der Waals surface area (Å²) in [5, 5.41) is 6.63. The van der Waals surface area contributed by atoms with Crippen LogP contribution in [0.25, 0.3) is 0 Å². The summed E-state index contributed by atoms with van der Waals surface area (Å²) in [6.45, 7) is 1.93. The highest BCUT2D eigenvalue weighted by molar-refractivity contribution is 9.10. The quantitative estimate of drug-likeness (QED) is 0.650. The molecule has 0 aliphatic carbocycles. The van der Waals surface area contributed by atoms with E-state index in [1.807, 2.05) is 55.5 Å². The summed E-state index contributed by atoms with van der Waals surface area (Å²) in [5.41, 5.74) is 5.10. The third kappa shape index (κ3) is 4.20. The molecular weight excluding hydrogens is 318 g/mol. The molecule has 0 spiro atoms. The van der Waals surface area contributed by atoms with Crippen LogP contribution < -0.4 is 10.7 Å². The Balaban J connectivity index is 1.89. The van der Waals surface area contributed by atoms with E-state index in [9.17, 15) is 4.79 Å². The molecular formula is C15H14BrN3O. The third-order valence-electron chi connectivity index (χ3n) is 2.64. The lowest BCUT2D eigenvalue weighted by molar-refractivity contribution is 0.252. The van der Waals surface area contributed by atoms with Gasteiger partial charge in [0.2, 0.25) is 0 Å². The number of carbonyl (C=O) groups excluding carboxylic acids is 1. The number of hydrazone groups is 1. The van der Waals surface area contributed by atoms with Crippen molar-refractivity contribution >= 4 is 33.9 Å². The van der Waals surface area contributed by atoms with E-state index in [-0.39, 0.29) is 6.03 Å². The van der Waals surface area contributed by atoms with Crippen molar-refractivity contribution in [2.24, 2.45) is 5.10 Å². The molecule has 0 saturated carbocycles. The van der Waals surface area contributed by atoms with Crippen LogP contribution in [-0.2, 0) is 0 Å². The molecule has 0 heterocycles. The first-order valence-electron chi connectivity index (χ1n) is 6.06. The number of nitrogens with zero attached hydrogens (tertiary/aromatic N) is 1. The Morgan fingerprint density at radius 3 is 2.55 bits per heavy atom. The Bertz CT molecular complexity index is 623. The molecule has 102 valence electrons. The molecule has 0 saturated heterocycles. The molecule has 2 aromatic rings. The van der Waals surface area contributed by atoms with Gasteiger partial charge in [-0.2, -0.15) is 5.10 Å². The van der Waals surface area contributed by atoms with Crippen LogP contribution in [0.5, 0.6) is 0 Å². The number of anilines is 1. The number of benzene rings is 2. The minimum Gasteiger partial charge on any atom is -0.306 e. The van der Waals surface area contributed by atoms with Crippen LogP contribution in [0.15, 0.2) is 58.1 Å². The Labute approximate surface area is 126 Å². The smallest absolute Gasteiger partial charge is 0.306 e. The molecule has 0 aliphatic rings. The number of nitrogens with one attached hydrogen (secondary N) is 2. The molecule has 5 heteroatoms. The lowest BCUT2D eigenvalue weighted by atomic mass is 10.2. The Morgan fingerprint density at radius 1 is 1.15 bits per heavy atom. The molecule has 0 fully saturated rings. The van der Waals surface area contributed by atoms with Crippen molar-refractivity contribution in [1.29, 1.82) is 0 Å². The molecule has 0 aliphatic heterocycles. The van der Waals surface area contributed by atoms with Crippen molar-refractivity contribution in [3.8, 4) is 0 Å². The van der Waals surface area contributed by atoms with Crippen LogP contribution in [0, 0.1) is 6.92 Å². The van der Waals surface area contributed by atoms with E-state index >= 15 is 0 Å². The third-order valence-corrected chi connectivity index (χ3v) is 3.17. The van der Waals surface area contributed by atoms with Gasteiger partial charge in [0.05, 0.1) is 6.21 Å². The van der Waals surface area contributed by atoms with Gasteiger partial charge in [-0.3, -0.25) is 0 Å². The van der Waals surface area contributed by atoms with Crippen LogP contribution in [0.2, 0.25) is 0 Å². The summed E-state index contributed by atoms with van der Waals surface area (Å²) in [7, 11) is 0. The molecule has 0 atom stereocenters. The fourth-order valence-corrected chi connectivity index (χ4v) is 1.84. The zero-order valence-corrected chi connectivity index (χ0v) is 12.5. The SMILES string of the molecule is Cc1ccccc1NC(=O)N/N=C\c1ccc(Br)cc1. The molecule has 0 unspecified atom stereocenters. The first kappa shape index (κ1) is 14.3. The number of aryl methyl sites for hydroxylation is 1. The van der Waals surface area contributed by atoms with E-state index in [1.54, 1.807) is 6.21 Å². The monoisotopic (exact) mass is 331 g/mol. The maximum atomic E-state index is 11.7. The van der Waals surface area contributed by atoms with Gasteiger partial charge >= 0.3 is 6.03 Å². The molecule has 0 aromatic heterocycles. The second-order valence-electron chi connectivity index (χ2n) is 4.19. The molecule has 20 heavy (non-hydrogen) atoms. The number of urea groups is 1. The van der Waals surface area contributed by atoms with Gasteiger partial charge in [0.1, 0.15) is 0 Å². The van der Waals surface area contributed by atoms with Crippen molar-refractivity contribution in [3.05, 3.63) is 64.1 Å². The van der Waals surface area contributed by atoms with Gasteiger partial charge in [0, 0.05) is 10.2 Å². The fourth-order valence-electron chi connectivity index (χ4n) is 1.58. The lowest BCUT2D eigenvalue weighted by Gasteiger charge is -2.06. The van der Waals surface area contributed by atoms with Crippen molar-refractivity contribution in [2.75, 3.05) is 5.32 Å². The number of carbonyl (C=O) groups is 1. The van der Waals surface area contributed by atoms with E-state index in [0.29, 0.717) is 0 Å². The first-order chi connectivity index (χ1) is 9.65. The van der Waals surface area contributed by atoms with Crippen molar-refractivity contribution in [2.45, 2.75) is 6.92 Å². The highest BCUT2D eigenvalue weighted by atomic mass is 79.9. The van der Waals surface area contributed by atoms with Crippen LogP contribution in [0.4, 0.5) is 10.5 Å². The van der Waals surface area contributed by atoms with Crippen molar-refractivity contribution in [1.82, 2.24) is 5.43 Å². The number of para-hydroxylation sites is 1. The lowest BCUT2D eigenvalue weighted by Crippen LogP contribution is -2.24. The molecule has 0 radical (unpaired) electrons. The van der Waals surface area contributed by atoms with Crippen LogP contribution in [-0.4, -0.2) is 12.2 Å². The van der Waals surface area contributed by atoms with Crippen LogP contribution in [0.1, 0.15) is 11.1 Å². The highest BCUT2D eigenvalue weighted by Crippen LogP contribution is 2.12. The van der Waals surface area contributed by atoms with Gasteiger partial charge in [-0.15, -0.1) is 0 Å². The Hall–Kier alpha value is -2.14. The predicted octanol–water partition coefficient (Wildman–Crippen LogP) is 3.91. The van der Waals surface area contributed by atoms with Crippen molar-refractivity contribution < 1.29 is 4.79 Å². The summed E-state index contributed by atoms with van der Waals surface area (Å²) in [5.74, 6) is 0. The molecule has 2 aromatic carbocycles. The molecule has 2 N–H and O–H groups in total. The Morgan fingerprint density at radius 2 is 1.85 bits per heavy atom. The average Bonchev–Trinajstić information content (AvgIpc) is 2.44. The number of hydrogen-bond donors (Lipinski definition) is 2. The summed E-state index contributed by atoms with van der Waals surface area (Å²) >= 11 is 3.36. The van der Waals surface area contributed by atoms with Gasteiger partial charge in [-0.1, -0.05) is 46.3 Å². The number of hydrogen-bond acceptors (Lipinski definition) is 2. The largest absolute Gasteiger partial charge is 0.339 e. The standard InChI is InChI=1S/C15H14BrN3O/c1-11-4-2-3-5-14(11)18-15(20)19-17-10-12-6-8-13(16)9-7-12/h2-10H,1H3,(H2,18,19,20)/b17-10-. The second-order valence-corrected chi connectivity index (χ2v) is 5.11. The fraction of sp³-hybridized carbons (Fsp3) is 0.0667. The van der Waals surface area contributed by atoms with Crippen LogP contribution in [0.3, 0.4) is 0 Å². The van der Waals surface area contributed by atoms with Gasteiger partial charge in [-0.25, -0.2) is 10.2 Å². The van der Waals surface area contributed by atoms with Gasteiger partial charge in [0.15, 0.2) is 0 Å². The topological polar surface area (TPSA) is 53.5 Å². The average molecular weight is 332 g/mol. The molecule has 4 nitrogen and oxygen atoms in total. The van der Waals surface area contributed by atoms with E-state index < -0.39 is 0 Å². The van der Waals surface area contributed by atoms with E-state index in [2.05, 4.69) is 31.8 Å². The Kier molecular flexibility index (Phi) is 4.90. The maximum absolute atomic E-state index is 11.7. The second kappa shape index (κ2) is 6.86. The molecule has 2 amide bonds. The molecule has 2 rings (SSSR count). The number of amides is 2. The van der Waals surface area contributed by atoms with E-state index in [1.165, 1.54) is 0 Å². The van der Waals surface area contributed by atoms with E-state index in [4.69, 9.17) is 0 Å². The summed E-state index contributed by atoms with van der Waals surface area (Å²) in [4.78, 5) is 11.7. The van der Waals surface area contributed by atoms with Crippen molar-refractivity contribution in [3.63, 3.8) is 0 Å². The van der Waals surface area contributed by atoms with E-state index in [0.717, 1.165) is 21.3 Å². The normalized spacial score (nSPS) is 10.5. The number of rotatable bonds is 3. The number of halogens is 1. The van der Waals surface area contributed by atoms with Gasteiger partial charge < -0.3 is 5.32 Å². The minimum absolute atomic E-state index is 0.368. The zero-order chi connectivity index (χ0) is 14.4. The minimum atomic E-state index is -0.368. The molecule has 0 bridgehead atoms. The zero-order valence-electron chi connectivity index (χ0n) is 10.9. The van der Waals surface area contributed by atoms with Gasteiger partial charge in [-0.05, 0) is 36.2 Å².